The van der Waals surface area contributed by atoms with Crippen LogP contribution >= 0.6 is 0 Å². The van der Waals surface area contributed by atoms with Crippen LogP contribution in [0.2, 0.25) is 0 Å². The molecule has 1 atom stereocenters. The number of aromatic nitrogens is 2. The van der Waals surface area contributed by atoms with Crippen molar-refractivity contribution < 1.29 is 0 Å². The molecule has 1 aromatic heterocycles. The third kappa shape index (κ3) is 2.07. The third-order valence-corrected chi connectivity index (χ3v) is 4.04. The lowest BCUT2D eigenvalue weighted by Crippen LogP contribution is -2.17. The summed E-state index contributed by atoms with van der Waals surface area (Å²) in [6.07, 6.45) is 6.35. The van der Waals surface area contributed by atoms with E-state index in [0.717, 1.165) is 13.0 Å². The summed E-state index contributed by atoms with van der Waals surface area (Å²) >= 11 is 0. The van der Waals surface area contributed by atoms with Gasteiger partial charge in [0, 0.05) is 24.4 Å². The maximum Gasteiger partial charge on any atom is 0.0948 e. The van der Waals surface area contributed by atoms with Crippen LogP contribution in [0.4, 0.5) is 0 Å². The van der Waals surface area contributed by atoms with E-state index in [2.05, 4.69) is 47.7 Å². The smallest absolute Gasteiger partial charge is 0.0948 e. The van der Waals surface area contributed by atoms with Crippen LogP contribution in [-0.2, 0) is 13.0 Å². The Bertz CT molecular complexity index is 522. The average molecular weight is 240 g/mol. The predicted molar refractivity (Wildman–Crippen MR) is 73.8 cm³/mol. The van der Waals surface area contributed by atoms with Gasteiger partial charge in [-0.05, 0) is 29.9 Å². The van der Waals surface area contributed by atoms with Gasteiger partial charge in [0.2, 0.25) is 0 Å². The number of fused-ring (bicyclic) bond motifs is 1. The van der Waals surface area contributed by atoms with Crippen molar-refractivity contribution in [2.45, 2.75) is 45.1 Å². The number of aryl methyl sites for hydroxylation is 1. The first-order valence-corrected chi connectivity index (χ1v) is 6.83. The Labute approximate surface area is 109 Å². The molecule has 0 spiro atoms. The van der Waals surface area contributed by atoms with Crippen molar-refractivity contribution in [1.29, 1.82) is 0 Å². The molecule has 1 unspecified atom stereocenters. The van der Waals surface area contributed by atoms with Gasteiger partial charge in [0.15, 0.2) is 0 Å². The lowest BCUT2D eigenvalue weighted by Gasteiger charge is -2.24. The van der Waals surface area contributed by atoms with Crippen LogP contribution in [0, 0.1) is 0 Å². The highest BCUT2D eigenvalue weighted by atomic mass is 15.1. The largest absolute Gasteiger partial charge is 0.334 e. The fourth-order valence-corrected chi connectivity index (χ4v) is 2.80. The second-order valence-corrected chi connectivity index (χ2v) is 5.59. The Morgan fingerprint density at radius 3 is 2.72 bits per heavy atom. The summed E-state index contributed by atoms with van der Waals surface area (Å²) in [4.78, 5) is 4.23. The molecule has 0 saturated heterocycles. The normalized spacial score (nSPS) is 18.9. The molecule has 0 fully saturated rings. The van der Waals surface area contributed by atoms with Gasteiger partial charge < -0.3 is 4.57 Å². The summed E-state index contributed by atoms with van der Waals surface area (Å²) in [6, 6.07) is 9.18. The molecular weight excluding hydrogens is 220 g/mol. The fraction of sp³-hybridized carbons (Fsp3) is 0.438. The number of rotatable bonds is 2. The average Bonchev–Trinajstić information content (AvgIpc) is 2.86. The van der Waals surface area contributed by atoms with E-state index in [4.69, 9.17) is 0 Å². The summed E-state index contributed by atoms with van der Waals surface area (Å²) in [5.41, 5.74) is 4.28. The van der Waals surface area contributed by atoms with Crippen molar-refractivity contribution in [3.05, 3.63) is 53.6 Å². The molecular formula is C16H20N2. The molecule has 1 aliphatic rings. The van der Waals surface area contributed by atoms with Crippen molar-refractivity contribution in [3.63, 3.8) is 0 Å². The maximum atomic E-state index is 4.23. The Kier molecular flexibility index (Phi) is 2.94. The molecule has 94 valence electrons. The first kappa shape index (κ1) is 11.5. The first-order valence-electron chi connectivity index (χ1n) is 6.83. The Morgan fingerprint density at radius 1 is 1.22 bits per heavy atom. The highest BCUT2D eigenvalue weighted by molar-refractivity contribution is 5.28. The van der Waals surface area contributed by atoms with E-state index in [1.165, 1.54) is 23.2 Å². The summed E-state index contributed by atoms with van der Waals surface area (Å²) < 4.78 is 2.30. The van der Waals surface area contributed by atoms with Crippen LogP contribution in [0.3, 0.4) is 0 Å². The van der Waals surface area contributed by atoms with E-state index >= 15 is 0 Å². The van der Waals surface area contributed by atoms with E-state index in [-0.39, 0.29) is 0 Å². The highest BCUT2D eigenvalue weighted by Crippen LogP contribution is 2.29. The van der Waals surface area contributed by atoms with Crippen LogP contribution in [0.5, 0.6) is 0 Å². The number of hydrogen-bond donors (Lipinski definition) is 0. The molecule has 2 heteroatoms. The standard InChI is InChI=1S/C16H20N2/c1-12(2)13-3-5-14(6-4-13)15-7-8-16-9-17-11-18(16)10-15/h3-6,9,11-12,15H,7-8,10H2,1-2H3. The van der Waals surface area contributed by atoms with Gasteiger partial charge in [-0.1, -0.05) is 38.1 Å². The SMILES string of the molecule is CC(C)c1ccc(C2CCc3cncn3C2)cc1. The topological polar surface area (TPSA) is 17.8 Å². The molecule has 2 heterocycles. The van der Waals surface area contributed by atoms with Crippen LogP contribution in [0.1, 0.15) is 48.9 Å². The zero-order chi connectivity index (χ0) is 12.5. The zero-order valence-electron chi connectivity index (χ0n) is 11.1. The van der Waals surface area contributed by atoms with Crippen molar-refractivity contribution in [2.24, 2.45) is 0 Å². The quantitative estimate of drug-likeness (QED) is 0.782. The maximum absolute atomic E-state index is 4.23. The van der Waals surface area contributed by atoms with Crippen molar-refractivity contribution in [2.75, 3.05) is 0 Å². The van der Waals surface area contributed by atoms with Gasteiger partial charge in [-0.15, -0.1) is 0 Å². The Balaban J connectivity index is 1.80. The van der Waals surface area contributed by atoms with Gasteiger partial charge in [-0.3, -0.25) is 0 Å². The number of nitrogens with zero attached hydrogens (tertiary/aromatic N) is 2. The lowest BCUT2D eigenvalue weighted by atomic mass is 9.89. The van der Waals surface area contributed by atoms with Crippen LogP contribution < -0.4 is 0 Å². The third-order valence-electron chi connectivity index (χ3n) is 4.04. The summed E-state index contributed by atoms with van der Waals surface area (Å²) in [5, 5.41) is 0. The molecule has 2 aromatic rings. The van der Waals surface area contributed by atoms with E-state index in [0.29, 0.717) is 11.8 Å². The molecule has 0 amide bonds. The molecule has 0 N–H and O–H groups in total. The lowest BCUT2D eigenvalue weighted by molar-refractivity contribution is 0.463. The molecule has 18 heavy (non-hydrogen) atoms. The Morgan fingerprint density at radius 2 is 2.00 bits per heavy atom. The highest BCUT2D eigenvalue weighted by Gasteiger charge is 2.19. The zero-order valence-corrected chi connectivity index (χ0v) is 11.1. The minimum atomic E-state index is 0.616. The predicted octanol–water partition coefficient (Wildman–Crippen LogP) is 3.74. The van der Waals surface area contributed by atoms with Gasteiger partial charge >= 0.3 is 0 Å². The van der Waals surface area contributed by atoms with Crippen molar-refractivity contribution >= 4 is 0 Å². The van der Waals surface area contributed by atoms with E-state index < -0.39 is 0 Å². The van der Waals surface area contributed by atoms with Gasteiger partial charge in [-0.25, -0.2) is 4.98 Å². The van der Waals surface area contributed by atoms with Crippen LogP contribution in [0.15, 0.2) is 36.8 Å². The second kappa shape index (κ2) is 4.60. The number of benzene rings is 1. The van der Waals surface area contributed by atoms with Gasteiger partial charge in [0.25, 0.3) is 0 Å². The number of imidazole rings is 1. The molecule has 0 saturated carbocycles. The van der Waals surface area contributed by atoms with Crippen molar-refractivity contribution in [3.8, 4) is 0 Å². The van der Waals surface area contributed by atoms with Crippen LogP contribution in [0.25, 0.3) is 0 Å². The van der Waals surface area contributed by atoms with E-state index in [1.54, 1.807) is 0 Å². The molecule has 1 aliphatic heterocycles. The van der Waals surface area contributed by atoms with E-state index in [1.807, 2.05) is 12.5 Å². The monoisotopic (exact) mass is 240 g/mol. The fourth-order valence-electron chi connectivity index (χ4n) is 2.80. The molecule has 0 radical (unpaired) electrons. The second-order valence-electron chi connectivity index (χ2n) is 5.59. The van der Waals surface area contributed by atoms with Crippen molar-refractivity contribution in [1.82, 2.24) is 9.55 Å². The molecule has 0 aliphatic carbocycles. The minimum absolute atomic E-state index is 0.616. The number of hydrogen-bond acceptors (Lipinski definition) is 1. The molecule has 0 bridgehead atoms. The summed E-state index contributed by atoms with van der Waals surface area (Å²) in [7, 11) is 0. The molecule has 2 nitrogen and oxygen atoms in total. The van der Waals surface area contributed by atoms with Gasteiger partial charge in [0.05, 0.1) is 6.33 Å². The molecule has 3 rings (SSSR count). The first-order chi connectivity index (χ1) is 8.74. The summed E-state index contributed by atoms with van der Waals surface area (Å²) in [6.45, 7) is 5.57. The van der Waals surface area contributed by atoms with E-state index in [9.17, 15) is 0 Å². The minimum Gasteiger partial charge on any atom is -0.334 e. The van der Waals surface area contributed by atoms with Gasteiger partial charge in [0.1, 0.15) is 0 Å². The van der Waals surface area contributed by atoms with Gasteiger partial charge in [-0.2, -0.15) is 0 Å². The van der Waals surface area contributed by atoms with Crippen LogP contribution in [-0.4, -0.2) is 9.55 Å². The summed E-state index contributed by atoms with van der Waals surface area (Å²) in [5.74, 6) is 1.26. The molecule has 1 aromatic carbocycles. The Hall–Kier alpha value is -1.57.